The first-order valence-corrected chi connectivity index (χ1v) is 6.99. The van der Waals surface area contributed by atoms with Crippen molar-refractivity contribution < 1.29 is 4.79 Å². The Balaban J connectivity index is 1.51. The number of nitrogens with one attached hydrogen (secondary N) is 1. The highest BCUT2D eigenvalue weighted by Gasteiger charge is 2.27. The van der Waals surface area contributed by atoms with Gasteiger partial charge in [-0.25, -0.2) is 0 Å². The van der Waals surface area contributed by atoms with E-state index in [2.05, 4.69) is 15.3 Å². The van der Waals surface area contributed by atoms with Crippen molar-refractivity contribution >= 4 is 5.91 Å². The van der Waals surface area contributed by atoms with Crippen LogP contribution in [0.3, 0.4) is 0 Å². The zero-order valence-corrected chi connectivity index (χ0v) is 11.6. The molecule has 2 aromatic rings. The monoisotopic (exact) mass is 273 g/mol. The molecule has 0 aromatic carbocycles. The molecule has 20 heavy (non-hydrogen) atoms. The van der Waals surface area contributed by atoms with E-state index in [0.29, 0.717) is 18.9 Å². The predicted molar refractivity (Wildman–Crippen MR) is 74.1 cm³/mol. The van der Waals surface area contributed by atoms with Crippen molar-refractivity contribution in [3.05, 3.63) is 35.9 Å². The Morgan fingerprint density at radius 3 is 3.10 bits per heavy atom. The lowest BCUT2D eigenvalue weighted by Crippen LogP contribution is -2.29. The summed E-state index contributed by atoms with van der Waals surface area (Å²) in [5, 5.41) is 11.3. The van der Waals surface area contributed by atoms with E-state index in [4.69, 9.17) is 0 Å². The lowest BCUT2D eigenvalue weighted by Gasteiger charge is -2.16. The van der Waals surface area contributed by atoms with Gasteiger partial charge in [0.05, 0.1) is 5.69 Å². The Kier molecular flexibility index (Phi) is 3.54. The van der Waals surface area contributed by atoms with Gasteiger partial charge in [0.25, 0.3) is 0 Å². The zero-order chi connectivity index (χ0) is 13.9. The summed E-state index contributed by atoms with van der Waals surface area (Å²) in [4.78, 5) is 14.1. The van der Waals surface area contributed by atoms with Gasteiger partial charge in [0.1, 0.15) is 0 Å². The first-order valence-electron chi connectivity index (χ1n) is 6.99. The molecule has 2 aromatic heterocycles. The highest BCUT2D eigenvalue weighted by Crippen LogP contribution is 2.25. The standard InChI is InChI=1S/C14H19N5O/c1-11-3-8-19(17-11)9-5-14(20)18-7-4-12(10-18)13-2-6-15-16-13/h2-3,6,8,12H,4-5,7,9-10H2,1H3,(H,15,16)/t12-/m0/s1. The molecule has 6 heteroatoms. The van der Waals surface area contributed by atoms with Crippen molar-refractivity contribution in [2.24, 2.45) is 0 Å². The third-order valence-electron chi connectivity index (χ3n) is 3.83. The summed E-state index contributed by atoms with van der Waals surface area (Å²) in [5.74, 6) is 0.605. The van der Waals surface area contributed by atoms with Crippen molar-refractivity contribution in [3.63, 3.8) is 0 Å². The van der Waals surface area contributed by atoms with Crippen LogP contribution in [0.25, 0.3) is 0 Å². The van der Waals surface area contributed by atoms with E-state index in [9.17, 15) is 4.79 Å². The average molecular weight is 273 g/mol. The third kappa shape index (κ3) is 2.74. The highest BCUT2D eigenvalue weighted by atomic mass is 16.2. The van der Waals surface area contributed by atoms with Gasteiger partial charge in [-0.15, -0.1) is 0 Å². The molecule has 0 bridgehead atoms. The summed E-state index contributed by atoms with van der Waals surface area (Å²) in [6, 6.07) is 3.94. The number of likely N-dealkylation sites (tertiary alicyclic amines) is 1. The van der Waals surface area contributed by atoms with Crippen molar-refractivity contribution in [1.29, 1.82) is 0 Å². The van der Waals surface area contributed by atoms with Crippen LogP contribution in [0.4, 0.5) is 0 Å². The van der Waals surface area contributed by atoms with Crippen LogP contribution in [0.15, 0.2) is 24.5 Å². The van der Waals surface area contributed by atoms with E-state index >= 15 is 0 Å². The number of carbonyl (C=O) groups excluding carboxylic acids is 1. The smallest absolute Gasteiger partial charge is 0.224 e. The second-order valence-electron chi connectivity index (χ2n) is 5.31. The molecule has 1 saturated heterocycles. The number of carbonyl (C=O) groups is 1. The van der Waals surface area contributed by atoms with Gasteiger partial charge in [0.2, 0.25) is 5.91 Å². The van der Waals surface area contributed by atoms with Crippen LogP contribution in [-0.2, 0) is 11.3 Å². The van der Waals surface area contributed by atoms with Crippen molar-refractivity contribution in [2.75, 3.05) is 13.1 Å². The second kappa shape index (κ2) is 5.48. The molecule has 0 radical (unpaired) electrons. The van der Waals surface area contributed by atoms with Crippen LogP contribution in [0.2, 0.25) is 0 Å². The Morgan fingerprint density at radius 2 is 2.40 bits per heavy atom. The molecule has 1 aliphatic heterocycles. The van der Waals surface area contributed by atoms with Crippen LogP contribution in [0, 0.1) is 6.92 Å². The molecular weight excluding hydrogens is 254 g/mol. The zero-order valence-electron chi connectivity index (χ0n) is 11.6. The number of nitrogens with zero attached hydrogens (tertiary/aromatic N) is 4. The Morgan fingerprint density at radius 1 is 1.50 bits per heavy atom. The second-order valence-corrected chi connectivity index (χ2v) is 5.31. The number of H-pyrrole nitrogens is 1. The molecule has 1 fully saturated rings. The molecular formula is C14H19N5O. The fraction of sp³-hybridized carbons (Fsp3) is 0.500. The van der Waals surface area contributed by atoms with E-state index in [1.807, 2.05) is 34.8 Å². The largest absolute Gasteiger partial charge is 0.342 e. The lowest BCUT2D eigenvalue weighted by molar-refractivity contribution is -0.130. The number of hydrogen-bond donors (Lipinski definition) is 1. The number of rotatable bonds is 4. The van der Waals surface area contributed by atoms with Crippen molar-refractivity contribution in [3.8, 4) is 0 Å². The molecule has 0 unspecified atom stereocenters. The molecule has 0 saturated carbocycles. The number of amides is 1. The Labute approximate surface area is 117 Å². The van der Waals surface area contributed by atoms with E-state index in [1.54, 1.807) is 6.20 Å². The highest BCUT2D eigenvalue weighted by molar-refractivity contribution is 5.76. The first-order chi connectivity index (χ1) is 9.72. The fourth-order valence-corrected chi connectivity index (χ4v) is 2.69. The van der Waals surface area contributed by atoms with Crippen LogP contribution in [0.5, 0.6) is 0 Å². The van der Waals surface area contributed by atoms with Gasteiger partial charge in [-0.3, -0.25) is 14.6 Å². The van der Waals surface area contributed by atoms with Gasteiger partial charge in [-0.2, -0.15) is 10.2 Å². The van der Waals surface area contributed by atoms with Crippen LogP contribution < -0.4 is 0 Å². The van der Waals surface area contributed by atoms with E-state index in [-0.39, 0.29) is 5.91 Å². The molecule has 106 valence electrons. The van der Waals surface area contributed by atoms with E-state index < -0.39 is 0 Å². The topological polar surface area (TPSA) is 66.8 Å². The van der Waals surface area contributed by atoms with Crippen molar-refractivity contribution in [1.82, 2.24) is 24.9 Å². The van der Waals surface area contributed by atoms with Gasteiger partial charge in [-0.1, -0.05) is 0 Å². The fourth-order valence-electron chi connectivity index (χ4n) is 2.69. The van der Waals surface area contributed by atoms with Crippen LogP contribution >= 0.6 is 0 Å². The minimum absolute atomic E-state index is 0.208. The van der Waals surface area contributed by atoms with E-state index in [1.165, 1.54) is 0 Å². The van der Waals surface area contributed by atoms with Crippen LogP contribution in [-0.4, -0.2) is 43.9 Å². The minimum Gasteiger partial charge on any atom is -0.342 e. The van der Waals surface area contributed by atoms with Gasteiger partial charge >= 0.3 is 0 Å². The van der Waals surface area contributed by atoms with Gasteiger partial charge in [0, 0.05) is 50.1 Å². The summed E-state index contributed by atoms with van der Waals surface area (Å²) < 4.78 is 1.83. The SMILES string of the molecule is Cc1ccn(CCC(=O)N2CC[C@H](c3ccn[nH]3)C2)n1. The Hall–Kier alpha value is -2.11. The predicted octanol–water partition coefficient (Wildman–Crippen LogP) is 1.32. The van der Waals surface area contributed by atoms with Gasteiger partial charge < -0.3 is 4.90 Å². The first kappa shape index (κ1) is 12.9. The number of aromatic amines is 1. The maximum Gasteiger partial charge on any atom is 0.224 e. The molecule has 1 amide bonds. The molecule has 1 aliphatic rings. The van der Waals surface area contributed by atoms with Crippen molar-refractivity contribution in [2.45, 2.75) is 32.2 Å². The Bertz CT molecular complexity index is 574. The average Bonchev–Trinajstić information content (AvgIpc) is 3.16. The summed E-state index contributed by atoms with van der Waals surface area (Å²) >= 11 is 0. The molecule has 1 atom stereocenters. The normalized spacial score (nSPS) is 18.6. The summed E-state index contributed by atoms with van der Waals surface area (Å²) in [6.45, 7) is 4.23. The molecule has 3 rings (SSSR count). The lowest BCUT2D eigenvalue weighted by atomic mass is 10.1. The maximum atomic E-state index is 12.2. The quantitative estimate of drug-likeness (QED) is 0.913. The summed E-state index contributed by atoms with van der Waals surface area (Å²) in [5.41, 5.74) is 2.11. The number of hydrogen-bond acceptors (Lipinski definition) is 3. The van der Waals surface area contributed by atoms with Gasteiger partial charge in [0.15, 0.2) is 0 Å². The number of aryl methyl sites for hydroxylation is 2. The third-order valence-corrected chi connectivity index (χ3v) is 3.83. The summed E-state index contributed by atoms with van der Waals surface area (Å²) in [6.07, 6.45) is 5.20. The molecule has 0 aliphatic carbocycles. The minimum atomic E-state index is 0.208. The molecule has 0 spiro atoms. The maximum absolute atomic E-state index is 12.2. The van der Waals surface area contributed by atoms with E-state index in [0.717, 1.165) is 30.9 Å². The molecule has 3 heterocycles. The summed E-state index contributed by atoms with van der Waals surface area (Å²) in [7, 11) is 0. The van der Waals surface area contributed by atoms with Crippen LogP contribution in [0.1, 0.15) is 30.1 Å². The molecule has 6 nitrogen and oxygen atoms in total. The number of aromatic nitrogens is 4. The molecule has 1 N–H and O–H groups in total. The van der Waals surface area contributed by atoms with Gasteiger partial charge in [-0.05, 0) is 25.5 Å².